The predicted molar refractivity (Wildman–Crippen MR) is 88.8 cm³/mol. The number of hydrogen-bond donors (Lipinski definition) is 1. The van der Waals surface area contributed by atoms with Crippen molar-refractivity contribution in [3.63, 3.8) is 0 Å². The van der Waals surface area contributed by atoms with Gasteiger partial charge in [-0.1, -0.05) is 6.92 Å². The number of carbonyl (C=O) groups excluding carboxylic acids is 1. The number of ether oxygens (including phenoxy) is 2. The summed E-state index contributed by atoms with van der Waals surface area (Å²) in [5.74, 6) is 1.62. The molecule has 0 spiro atoms. The summed E-state index contributed by atoms with van der Waals surface area (Å²) >= 11 is 1.33. The molecule has 0 aromatic carbocycles. The van der Waals surface area contributed by atoms with Crippen LogP contribution in [0.1, 0.15) is 34.8 Å². The van der Waals surface area contributed by atoms with Gasteiger partial charge in [0.15, 0.2) is 11.5 Å². The predicted octanol–water partition coefficient (Wildman–Crippen LogP) is 2.44. The third-order valence-corrected chi connectivity index (χ3v) is 4.77. The van der Waals surface area contributed by atoms with E-state index in [2.05, 4.69) is 15.3 Å². The summed E-state index contributed by atoms with van der Waals surface area (Å²) in [7, 11) is 0. The molecule has 0 aliphatic carbocycles. The number of carbonyl (C=O) groups is 1. The largest absolute Gasteiger partial charge is 0.485 e. The topological polar surface area (TPSA) is 77.8 Å². The van der Waals surface area contributed by atoms with Crippen molar-refractivity contribution in [2.45, 2.75) is 19.4 Å². The highest BCUT2D eigenvalue weighted by Crippen LogP contribution is 2.39. The maximum absolute atomic E-state index is 12.6. The van der Waals surface area contributed by atoms with Crippen LogP contribution in [-0.2, 0) is 0 Å². The number of rotatable bonds is 4. The molecule has 1 aliphatic heterocycles. The van der Waals surface area contributed by atoms with Gasteiger partial charge in [0, 0.05) is 24.0 Å². The fourth-order valence-electron chi connectivity index (χ4n) is 2.64. The fourth-order valence-corrected chi connectivity index (χ4v) is 3.48. The summed E-state index contributed by atoms with van der Waals surface area (Å²) in [5, 5.41) is 4.83. The van der Waals surface area contributed by atoms with Crippen LogP contribution < -0.4 is 14.8 Å². The molecule has 0 bridgehead atoms. The van der Waals surface area contributed by atoms with Crippen molar-refractivity contribution >= 4 is 23.0 Å². The number of nitrogens with one attached hydrogen (secondary N) is 1. The van der Waals surface area contributed by atoms with Gasteiger partial charge in [-0.15, -0.1) is 11.3 Å². The van der Waals surface area contributed by atoms with Gasteiger partial charge in [-0.2, -0.15) is 0 Å². The minimum absolute atomic E-state index is 0.177. The van der Waals surface area contributed by atoms with Gasteiger partial charge in [0.05, 0.1) is 11.7 Å². The molecule has 4 heterocycles. The molecule has 24 heavy (non-hydrogen) atoms. The van der Waals surface area contributed by atoms with Crippen LogP contribution in [0.5, 0.6) is 11.5 Å². The van der Waals surface area contributed by atoms with Crippen molar-refractivity contribution in [2.24, 2.45) is 0 Å². The van der Waals surface area contributed by atoms with Gasteiger partial charge in [-0.05, 0) is 12.5 Å². The van der Waals surface area contributed by atoms with E-state index < -0.39 is 0 Å². The smallest absolute Gasteiger partial charge is 0.265 e. The number of nitrogens with zero attached hydrogens (tertiary/aromatic N) is 3. The Labute approximate surface area is 142 Å². The second-order valence-electron chi connectivity index (χ2n) is 5.38. The quantitative estimate of drug-likeness (QED) is 0.786. The maximum Gasteiger partial charge on any atom is 0.265 e. The molecule has 0 fully saturated rings. The lowest BCUT2D eigenvalue weighted by Gasteiger charge is -2.17. The van der Waals surface area contributed by atoms with Crippen LogP contribution in [0.2, 0.25) is 0 Å². The first-order valence-corrected chi connectivity index (χ1v) is 8.61. The zero-order valence-corrected chi connectivity index (χ0v) is 13.9. The molecule has 0 saturated heterocycles. The van der Waals surface area contributed by atoms with Crippen molar-refractivity contribution in [3.05, 3.63) is 40.6 Å². The fraction of sp³-hybridized carbons (Fsp3) is 0.312. The standard InChI is InChI=1S/C16H16N4O3S/c1-2-10(11-8-20-5-3-4-17-16(20)19-11)18-15(21)14-13-12(9-24-14)22-6-7-23-13/h3-5,8-10H,2,6-7H2,1H3,(H,18,21)/t10-/m1/s1. The molecule has 0 saturated carbocycles. The van der Waals surface area contributed by atoms with Crippen molar-refractivity contribution in [2.75, 3.05) is 13.2 Å². The van der Waals surface area contributed by atoms with Crippen molar-refractivity contribution in [1.29, 1.82) is 0 Å². The molecular formula is C16H16N4O3S. The van der Waals surface area contributed by atoms with Crippen LogP contribution in [0.25, 0.3) is 5.78 Å². The lowest BCUT2D eigenvalue weighted by molar-refractivity contribution is 0.0930. The summed E-state index contributed by atoms with van der Waals surface area (Å²) in [5.41, 5.74) is 0.784. The van der Waals surface area contributed by atoms with Gasteiger partial charge >= 0.3 is 0 Å². The van der Waals surface area contributed by atoms with E-state index in [1.165, 1.54) is 11.3 Å². The molecule has 3 aromatic heterocycles. The maximum atomic E-state index is 12.6. The van der Waals surface area contributed by atoms with Crippen LogP contribution in [0.4, 0.5) is 0 Å². The number of thiophene rings is 1. The average Bonchev–Trinajstić information content (AvgIpc) is 3.23. The molecule has 1 N–H and O–H groups in total. The van der Waals surface area contributed by atoms with E-state index in [9.17, 15) is 4.79 Å². The molecule has 7 nitrogen and oxygen atoms in total. The minimum Gasteiger partial charge on any atom is -0.485 e. The van der Waals surface area contributed by atoms with E-state index in [-0.39, 0.29) is 11.9 Å². The lowest BCUT2D eigenvalue weighted by Crippen LogP contribution is -2.28. The summed E-state index contributed by atoms with van der Waals surface area (Å²) in [4.78, 5) is 21.9. The van der Waals surface area contributed by atoms with Crippen molar-refractivity contribution in [3.8, 4) is 11.5 Å². The van der Waals surface area contributed by atoms with E-state index in [0.717, 1.165) is 12.1 Å². The highest BCUT2D eigenvalue weighted by Gasteiger charge is 2.25. The zero-order chi connectivity index (χ0) is 16.5. The Kier molecular flexibility index (Phi) is 3.81. The SMILES string of the molecule is CC[C@@H](NC(=O)c1scc2c1OCCO2)c1cn2cccnc2n1. The summed E-state index contributed by atoms with van der Waals surface area (Å²) in [6, 6.07) is 1.65. The van der Waals surface area contributed by atoms with Crippen LogP contribution in [0, 0.1) is 0 Å². The molecule has 1 atom stereocenters. The van der Waals surface area contributed by atoms with E-state index in [1.807, 2.05) is 29.8 Å². The molecule has 1 amide bonds. The average molecular weight is 344 g/mol. The van der Waals surface area contributed by atoms with Gasteiger partial charge in [0.1, 0.15) is 18.1 Å². The minimum atomic E-state index is -0.193. The van der Waals surface area contributed by atoms with Gasteiger partial charge in [-0.25, -0.2) is 9.97 Å². The lowest BCUT2D eigenvalue weighted by atomic mass is 10.1. The Morgan fingerprint density at radius 3 is 3.17 bits per heavy atom. The second kappa shape index (κ2) is 6.12. The first kappa shape index (κ1) is 14.9. The van der Waals surface area contributed by atoms with E-state index in [1.54, 1.807) is 11.6 Å². The molecule has 1 aliphatic rings. The van der Waals surface area contributed by atoms with Crippen LogP contribution in [0.3, 0.4) is 0 Å². The molecule has 4 rings (SSSR count). The Balaban J connectivity index is 1.58. The Morgan fingerprint density at radius 2 is 2.33 bits per heavy atom. The van der Waals surface area contributed by atoms with Gasteiger partial charge in [0.25, 0.3) is 5.91 Å². The number of imidazole rings is 1. The molecular weight excluding hydrogens is 328 g/mol. The monoisotopic (exact) mass is 344 g/mol. The van der Waals surface area contributed by atoms with Gasteiger partial charge in [-0.3, -0.25) is 9.20 Å². The highest BCUT2D eigenvalue weighted by molar-refractivity contribution is 7.12. The van der Waals surface area contributed by atoms with Crippen molar-refractivity contribution < 1.29 is 14.3 Å². The summed E-state index contributed by atoms with van der Waals surface area (Å²) in [6.45, 7) is 2.97. The first-order valence-electron chi connectivity index (χ1n) is 7.74. The third-order valence-electron chi connectivity index (χ3n) is 3.83. The number of fused-ring (bicyclic) bond motifs is 2. The summed E-state index contributed by atoms with van der Waals surface area (Å²) in [6.07, 6.45) is 6.19. The second-order valence-corrected chi connectivity index (χ2v) is 6.26. The highest BCUT2D eigenvalue weighted by atomic mass is 32.1. The number of hydrogen-bond acceptors (Lipinski definition) is 6. The summed E-state index contributed by atoms with van der Waals surface area (Å²) < 4.78 is 12.9. The first-order chi connectivity index (χ1) is 11.8. The Bertz CT molecular complexity index is 855. The Hall–Kier alpha value is -2.61. The number of amides is 1. The molecule has 0 unspecified atom stereocenters. The zero-order valence-electron chi connectivity index (χ0n) is 13.1. The molecule has 8 heteroatoms. The molecule has 124 valence electrons. The van der Waals surface area contributed by atoms with E-state index in [4.69, 9.17) is 9.47 Å². The van der Waals surface area contributed by atoms with Crippen LogP contribution in [-0.4, -0.2) is 33.5 Å². The third kappa shape index (κ3) is 2.58. The Morgan fingerprint density at radius 1 is 1.46 bits per heavy atom. The molecule has 0 radical (unpaired) electrons. The number of aromatic nitrogens is 3. The van der Waals surface area contributed by atoms with Crippen molar-refractivity contribution in [1.82, 2.24) is 19.7 Å². The van der Waals surface area contributed by atoms with Gasteiger partial charge in [0.2, 0.25) is 5.78 Å². The van der Waals surface area contributed by atoms with E-state index >= 15 is 0 Å². The molecule has 3 aromatic rings. The van der Waals surface area contributed by atoms with Crippen LogP contribution in [0.15, 0.2) is 30.0 Å². The van der Waals surface area contributed by atoms with E-state index in [0.29, 0.717) is 35.4 Å². The van der Waals surface area contributed by atoms with Gasteiger partial charge < -0.3 is 14.8 Å². The van der Waals surface area contributed by atoms with Crippen LogP contribution >= 0.6 is 11.3 Å². The normalized spacial score (nSPS) is 14.5.